The van der Waals surface area contributed by atoms with Crippen LogP contribution in [0.15, 0.2) is 84.5 Å². The number of anilines is 1. The molecule has 7 nitrogen and oxygen atoms in total. The van der Waals surface area contributed by atoms with Gasteiger partial charge < -0.3 is 24.0 Å². The van der Waals surface area contributed by atoms with Crippen LogP contribution in [0.2, 0.25) is 0 Å². The van der Waals surface area contributed by atoms with E-state index in [2.05, 4.69) is 34.6 Å². The van der Waals surface area contributed by atoms with Crippen molar-refractivity contribution in [2.45, 2.75) is 63.8 Å². The molecule has 1 atom stereocenters. The molecule has 228 valence electrons. The molecule has 2 saturated heterocycles. The van der Waals surface area contributed by atoms with Crippen molar-refractivity contribution in [3.8, 4) is 0 Å². The number of benzene rings is 2. The minimum Gasteiger partial charge on any atom is -0.373 e. The monoisotopic (exact) mass is 590 g/mol. The zero-order chi connectivity index (χ0) is 30.3. The van der Waals surface area contributed by atoms with E-state index in [4.69, 9.17) is 4.74 Å². The summed E-state index contributed by atoms with van der Waals surface area (Å²) in [6.45, 7) is 7.01. The lowest BCUT2D eigenvalue weighted by atomic mass is 9.80. The van der Waals surface area contributed by atoms with Crippen molar-refractivity contribution >= 4 is 23.1 Å². The molecular formula is C37H42N4O3. The van der Waals surface area contributed by atoms with E-state index in [1.807, 2.05) is 70.5 Å². The summed E-state index contributed by atoms with van der Waals surface area (Å²) in [5.41, 5.74) is 5.84. The van der Waals surface area contributed by atoms with Crippen LogP contribution >= 0.6 is 0 Å². The van der Waals surface area contributed by atoms with Gasteiger partial charge in [0.2, 0.25) is 0 Å². The van der Waals surface area contributed by atoms with E-state index in [9.17, 15) is 9.59 Å². The third-order valence-corrected chi connectivity index (χ3v) is 10.2. The number of allylic oxidation sites excluding steroid dienone is 2. The van der Waals surface area contributed by atoms with Gasteiger partial charge in [0.1, 0.15) is 5.69 Å². The first-order chi connectivity index (χ1) is 21.4. The first-order valence-electron chi connectivity index (χ1n) is 16.1. The molecule has 0 radical (unpaired) electrons. The predicted molar refractivity (Wildman–Crippen MR) is 173 cm³/mol. The molecule has 7 heteroatoms. The number of methoxy groups -OCH3 is 1. The smallest absolute Gasteiger partial charge is 0.270 e. The molecule has 3 aliphatic heterocycles. The lowest BCUT2D eigenvalue weighted by Gasteiger charge is -2.36. The van der Waals surface area contributed by atoms with E-state index in [0.29, 0.717) is 36.8 Å². The van der Waals surface area contributed by atoms with Gasteiger partial charge >= 0.3 is 0 Å². The highest BCUT2D eigenvalue weighted by Gasteiger charge is 2.38. The highest BCUT2D eigenvalue weighted by Crippen LogP contribution is 2.40. The van der Waals surface area contributed by atoms with Crippen LogP contribution in [0.5, 0.6) is 0 Å². The number of fused-ring (bicyclic) bond motifs is 2. The molecule has 44 heavy (non-hydrogen) atoms. The van der Waals surface area contributed by atoms with Crippen molar-refractivity contribution in [3.05, 3.63) is 107 Å². The molecule has 0 N–H and O–H groups in total. The van der Waals surface area contributed by atoms with Crippen LogP contribution in [-0.2, 0) is 22.6 Å². The van der Waals surface area contributed by atoms with Crippen LogP contribution in [0.25, 0.3) is 5.57 Å². The molecule has 2 fully saturated rings. The van der Waals surface area contributed by atoms with Gasteiger partial charge in [0.05, 0.1) is 18.7 Å². The lowest BCUT2D eigenvalue weighted by molar-refractivity contribution is -0.116. The number of piperidine rings is 1. The Hall–Kier alpha value is -3.94. The van der Waals surface area contributed by atoms with Crippen LogP contribution in [0.4, 0.5) is 5.69 Å². The first kappa shape index (κ1) is 28.8. The Labute approximate surface area is 260 Å². The Morgan fingerprint density at radius 2 is 1.55 bits per heavy atom. The van der Waals surface area contributed by atoms with Gasteiger partial charge in [-0.05, 0) is 80.6 Å². The number of nitrogens with zero attached hydrogens (tertiary/aromatic N) is 4. The lowest BCUT2D eigenvalue weighted by Crippen LogP contribution is -2.46. The van der Waals surface area contributed by atoms with E-state index in [-0.39, 0.29) is 11.8 Å². The van der Waals surface area contributed by atoms with E-state index in [1.165, 1.54) is 25.9 Å². The molecule has 1 aromatic heterocycles. The number of hydrogen-bond acceptors (Lipinski definition) is 4. The van der Waals surface area contributed by atoms with Gasteiger partial charge in [-0.2, -0.15) is 0 Å². The molecule has 7 rings (SSSR count). The predicted octanol–water partition coefficient (Wildman–Crippen LogP) is 5.90. The van der Waals surface area contributed by atoms with Gasteiger partial charge in [-0.25, -0.2) is 0 Å². The van der Waals surface area contributed by atoms with E-state index >= 15 is 0 Å². The molecule has 0 bridgehead atoms. The highest BCUT2D eigenvalue weighted by atomic mass is 16.5. The number of aromatic nitrogens is 1. The van der Waals surface area contributed by atoms with Crippen LogP contribution in [0.1, 0.15) is 66.3 Å². The Morgan fingerprint density at radius 1 is 0.818 bits per heavy atom. The fraction of sp³-hybridized carbons (Fsp3) is 0.405. The van der Waals surface area contributed by atoms with Crippen molar-refractivity contribution < 1.29 is 14.3 Å². The molecule has 1 aliphatic carbocycles. The van der Waals surface area contributed by atoms with E-state index in [1.54, 1.807) is 7.11 Å². The standard InChI is InChI=1S/C37H42N4O3/c1-37(44-2)24-28(14-16-32(37)27-10-4-3-5-11-27)35(42)41-26-31-15-17-34(40(31)25-29-12-6-7-13-33(29)41)36(43)39-22-18-30(19-23-39)38-20-8-9-21-38/h3-7,10-17,30H,8-9,18-26H2,1-2H3. The summed E-state index contributed by atoms with van der Waals surface area (Å²) in [7, 11) is 1.71. The van der Waals surface area contributed by atoms with E-state index in [0.717, 1.165) is 54.0 Å². The third kappa shape index (κ3) is 5.22. The minimum absolute atomic E-state index is 0.0319. The number of amides is 2. The number of carbonyl (C=O) groups excluding carboxylic acids is 2. The van der Waals surface area contributed by atoms with Gasteiger partial charge in [-0.1, -0.05) is 60.7 Å². The van der Waals surface area contributed by atoms with E-state index < -0.39 is 5.60 Å². The van der Waals surface area contributed by atoms with Crippen LogP contribution in [-0.4, -0.2) is 71.1 Å². The summed E-state index contributed by atoms with van der Waals surface area (Å²) in [5, 5.41) is 0. The van der Waals surface area contributed by atoms with Crippen LogP contribution in [0, 0.1) is 0 Å². The average Bonchev–Trinajstić information content (AvgIpc) is 3.71. The number of likely N-dealkylation sites (tertiary alicyclic amines) is 2. The number of ether oxygens (including phenoxy) is 1. The zero-order valence-electron chi connectivity index (χ0n) is 25.9. The Bertz CT molecular complexity index is 1610. The summed E-state index contributed by atoms with van der Waals surface area (Å²) in [6.07, 6.45) is 9.14. The molecule has 4 heterocycles. The fourth-order valence-corrected chi connectivity index (χ4v) is 7.63. The number of para-hydroxylation sites is 1. The molecule has 3 aromatic rings. The number of carbonyl (C=O) groups is 2. The quantitative estimate of drug-likeness (QED) is 0.371. The maximum absolute atomic E-state index is 14.3. The summed E-state index contributed by atoms with van der Waals surface area (Å²) in [4.78, 5) is 34.7. The van der Waals surface area contributed by atoms with Crippen molar-refractivity contribution in [2.24, 2.45) is 0 Å². The zero-order valence-corrected chi connectivity index (χ0v) is 25.9. The molecule has 0 spiro atoms. The molecule has 2 amide bonds. The van der Waals surface area contributed by atoms with Crippen LogP contribution in [0.3, 0.4) is 0 Å². The second-order valence-corrected chi connectivity index (χ2v) is 12.8. The minimum atomic E-state index is -0.630. The van der Waals surface area contributed by atoms with Gasteiger partial charge in [-0.15, -0.1) is 0 Å². The average molecular weight is 591 g/mol. The van der Waals surface area contributed by atoms with Crippen molar-refractivity contribution in [2.75, 3.05) is 38.2 Å². The third-order valence-electron chi connectivity index (χ3n) is 10.2. The normalized spacial score (nSPS) is 22.6. The maximum atomic E-state index is 14.3. The summed E-state index contributed by atoms with van der Waals surface area (Å²) in [6, 6.07) is 22.9. The fourth-order valence-electron chi connectivity index (χ4n) is 7.63. The number of hydrogen-bond donors (Lipinski definition) is 0. The Balaban J connectivity index is 1.15. The van der Waals surface area contributed by atoms with Gasteiger partial charge in [0.25, 0.3) is 11.8 Å². The molecule has 0 saturated carbocycles. The topological polar surface area (TPSA) is 58.0 Å². The molecular weight excluding hydrogens is 548 g/mol. The Morgan fingerprint density at radius 3 is 2.30 bits per heavy atom. The van der Waals surface area contributed by atoms with Crippen molar-refractivity contribution in [1.82, 2.24) is 14.4 Å². The summed E-state index contributed by atoms with van der Waals surface area (Å²) < 4.78 is 8.19. The highest BCUT2D eigenvalue weighted by molar-refractivity contribution is 6.07. The second-order valence-electron chi connectivity index (χ2n) is 12.8. The first-order valence-corrected chi connectivity index (χ1v) is 16.1. The summed E-state index contributed by atoms with van der Waals surface area (Å²) in [5.74, 6) is 0.0633. The maximum Gasteiger partial charge on any atom is 0.270 e. The second kappa shape index (κ2) is 11.9. The van der Waals surface area contributed by atoms with Crippen molar-refractivity contribution in [1.29, 1.82) is 0 Å². The van der Waals surface area contributed by atoms with Crippen molar-refractivity contribution in [3.63, 3.8) is 0 Å². The largest absolute Gasteiger partial charge is 0.373 e. The van der Waals surface area contributed by atoms with Gasteiger partial charge in [0, 0.05) is 49.6 Å². The molecule has 4 aliphatic rings. The van der Waals surface area contributed by atoms with Gasteiger partial charge in [-0.3, -0.25) is 9.59 Å². The molecule has 2 aromatic carbocycles. The van der Waals surface area contributed by atoms with Crippen LogP contribution < -0.4 is 4.90 Å². The SMILES string of the molecule is COC1(C)CC(C(=O)N2Cc3ccc(C(=O)N4CCC(N5CCCC5)CC4)n3Cc3ccccc32)=CC=C1c1ccccc1. The van der Waals surface area contributed by atoms with Gasteiger partial charge in [0.15, 0.2) is 0 Å². The summed E-state index contributed by atoms with van der Waals surface area (Å²) >= 11 is 0. The number of rotatable bonds is 5. The molecule has 1 unspecified atom stereocenters. The Kier molecular flexibility index (Phi) is 7.77.